The van der Waals surface area contributed by atoms with E-state index in [9.17, 15) is 14.9 Å². The van der Waals surface area contributed by atoms with Crippen molar-refractivity contribution in [2.24, 2.45) is 0 Å². The smallest absolute Gasteiger partial charge is 0.273 e. The summed E-state index contributed by atoms with van der Waals surface area (Å²) in [4.78, 5) is 22.5. The van der Waals surface area contributed by atoms with Crippen LogP contribution in [0.15, 0.2) is 30.5 Å². The van der Waals surface area contributed by atoms with Crippen molar-refractivity contribution in [1.29, 1.82) is 0 Å². The maximum absolute atomic E-state index is 12.1. The number of nitro groups is 1. The topological polar surface area (TPSA) is 90.1 Å². The second kappa shape index (κ2) is 6.17. The van der Waals surface area contributed by atoms with E-state index in [1.165, 1.54) is 12.1 Å². The first kappa shape index (κ1) is 14.7. The van der Waals surface area contributed by atoms with Gasteiger partial charge >= 0.3 is 0 Å². The molecule has 7 heteroatoms. The molecule has 0 radical (unpaired) electrons. The summed E-state index contributed by atoms with van der Waals surface area (Å²) in [5, 5.41) is 17.9. The van der Waals surface area contributed by atoms with Crippen LogP contribution in [0.3, 0.4) is 0 Å². The molecule has 0 unspecified atom stereocenters. The van der Waals surface area contributed by atoms with Gasteiger partial charge in [-0.2, -0.15) is 5.10 Å². The second-order valence-electron chi connectivity index (χ2n) is 4.55. The van der Waals surface area contributed by atoms with Gasteiger partial charge in [-0.15, -0.1) is 0 Å². The Bertz CT molecular complexity index is 679. The Morgan fingerprint density at radius 2 is 2.19 bits per heavy atom. The zero-order valence-corrected chi connectivity index (χ0v) is 11.9. The van der Waals surface area contributed by atoms with E-state index in [-0.39, 0.29) is 18.1 Å². The molecule has 0 spiro atoms. The summed E-state index contributed by atoms with van der Waals surface area (Å²) in [7, 11) is 0. The van der Waals surface area contributed by atoms with Gasteiger partial charge in [0.15, 0.2) is 0 Å². The fraction of sp³-hybridized carbons (Fsp3) is 0.286. The minimum absolute atomic E-state index is 0.0575. The predicted molar refractivity (Wildman–Crippen MR) is 76.9 cm³/mol. The number of aryl methyl sites for hydroxylation is 1. The molecule has 7 nitrogen and oxygen atoms in total. The van der Waals surface area contributed by atoms with Crippen molar-refractivity contribution in [3.8, 4) is 0 Å². The summed E-state index contributed by atoms with van der Waals surface area (Å²) >= 11 is 0. The van der Waals surface area contributed by atoms with Gasteiger partial charge in [0.1, 0.15) is 0 Å². The van der Waals surface area contributed by atoms with Crippen LogP contribution in [0, 0.1) is 17.0 Å². The quantitative estimate of drug-likeness (QED) is 0.673. The van der Waals surface area contributed by atoms with Gasteiger partial charge in [-0.1, -0.05) is 6.07 Å². The summed E-state index contributed by atoms with van der Waals surface area (Å²) in [6.07, 6.45) is 1.83. The summed E-state index contributed by atoms with van der Waals surface area (Å²) in [5.74, 6) is -0.345. The van der Waals surface area contributed by atoms with Gasteiger partial charge < -0.3 is 5.32 Å². The Labute approximate surface area is 121 Å². The maximum Gasteiger partial charge on any atom is 0.273 e. The lowest BCUT2D eigenvalue weighted by atomic mass is 10.1. The third kappa shape index (κ3) is 3.25. The summed E-state index contributed by atoms with van der Waals surface area (Å²) in [6, 6.07) is 6.28. The lowest BCUT2D eigenvalue weighted by Gasteiger charge is -2.06. The summed E-state index contributed by atoms with van der Waals surface area (Å²) in [5.41, 5.74) is 1.35. The molecular weight excluding hydrogens is 272 g/mol. The lowest BCUT2D eigenvalue weighted by molar-refractivity contribution is -0.385. The first-order valence-electron chi connectivity index (χ1n) is 6.57. The molecule has 1 aromatic heterocycles. The number of carbonyl (C=O) groups excluding carboxylic acids is 1. The van der Waals surface area contributed by atoms with Gasteiger partial charge in [0, 0.05) is 29.9 Å². The number of hydrogen-bond acceptors (Lipinski definition) is 4. The molecule has 1 N–H and O–H groups in total. The molecule has 1 heterocycles. The van der Waals surface area contributed by atoms with E-state index in [4.69, 9.17) is 0 Å². The summed E-state index contributed by atoms with van der Waals surface area (Å²) in [6.45, 7) is 4.59. The normalized spacial score (nSPS) is 10.4. The van der Waals surface area contributed by atoms with Crippen LogP contribution in [0.4, 0.5) is 5.69 Å². The van der Waals surface area contributed by atoms with Crippen LogP contribution in [-0.2, 0) is 13.1 Å². The average molecular weight is 288 g/mol. The van der Waals surface area contributed by atoms with Crippen molar-refractivity contribution in [2.75, 3.05) is 0 Å². The van der Waals surface area contributed by atoms with Crippen molar-refractivity contribution in [1.82, 2.24) is 15.1 Å². The molecule has 0 fully saturated rings. The molecule has 0 aliphatic heterocycles. The number of benzene rings is 1. The highest BCUT2D eigenvalue weighted by molar-refractivity contribution is 5.96. The highest BCUT2D eigenvalue weighted by atomic mass is 16.6. The molecule has 0 aliphatic rings. The standard InChI is InChI=1S/C14H16N4O3/c1-3-17-8-7-11(16-17)9-15-14(19)12-5-4-6-13(10(12)2)18(20)21/h4-8H,3,9H2,1-2H3,(H,15,19). The zero-order valence-electron chi connectivity index (χ0n) is 11.9. The SMILES string of the molecule is CCn1ccc(CNC(=O)c2cccc([N+](=O)[O-])c2C)n1. The van der Waals surface area contributed by atoms with E-state index in [1.807, 2.05) is 19.2 Å². The monoisotopic (exact) mass is 288 g/mol. The number of carbonyl (C=O) groups is 1. The van der Waals surface area contributed by atoms with E-state index in [0.29, 0.717) is 11.1 Å². The lowest BCUT2D eigenvalue weighted by Crippen LogP contribution is -2.24. The largest absolute Gasteiger partial charge is 0.346 e. The Hall–Kier alpha value is -2.70. The van der Waals surface area contributed by atoms with Gasteiger partial charge in [0.25, 0.3) is 11.6 Å². The number of hydrogen-bond donors (Lipinski definition) is 1. The molecular formula is C14H16N4O3. The van der Waals surface area contributed by atoms with Crippen molar-refractivity contribution in [2.45, 2.75) is 26.9 Å². The Morgan fingerprint density at radius 1 is 1.43 bits per heavy atom. The van der Waals surface area contributed by atoms with E-state index < -0.39 is 4.92 Å². The molecule has 110 valence electrons. The number of rotatable bonds is 5. The highest BCUT2D eigenvalue weighted by Crippen LogP contribution is 2.20. The van der Waals surface area contributed by atoms with Crippen LogP contribution in [0.5, 0.6) is 0 Å². The van der Waals surface area contributed by atoms with Gasteiger partial charge in [-0.3, -0.25) is 19.6 Å². The van der Waals surface area contributed by atoms with Crippen LogP contribution < -0.4 is 5.32 Å². The molecule has 2 rings (SSSR count). The van der Waals surface area contributed by atoms with Crippen LogP contribution in [0.1, 0.15) is 28.5 Å². The Kier molecular flexibility index (Phi) is 4.32. The van der Waals surface area contributed by atoms with E-state index in [1.54, 1.807) is 17.7 Å². The molecule has 21 heavy (non-hydrogen) atoms. The van der Waals surface area contributed by atoms with Crippen LogP contribution in [-0.4, -0.2) is 20.6 Å². The Morgan fingerprint density at radius 3 is 2.81 bits per heavy atom. The average Bonchev–Trinajstić information content (AvgIpc) is 2.92. The molecule has 0 atom stereocenters. The third-order valence-electron chi connectivity index (χ3n) is 3.20. The number of amides is 1. The van der Waals surface area contributed by atoms with Crippen LogP contribution in [0.2, 0.25) is 0 Å². The molecule has 1 amide bonds. The first-order chi connectivity index (χ1) is 10.0. The van der Waals surface area contributed by atoms with Gasteiger partial charge in [-0.05, 0) is 26.0 Å². The minimum atomic E-state index is -0.491. The van der Waals surface area contributed by atoms with Crippen LogP contribution >= 0.6 is 0 Å². The third-order valence-corrected chi connectivity index (χ3v) is 3.20. The van der Waals surface area contributed by atoms with Crippen molar-refractivity contribution in [3.63, 3.8) is 0 Å². The highest BCUT2D eigenvalue weighted by Gasteiger charge is 2.17. The number of nitrogens with zero attached hydrogens (tertiary/aromatic N) is 3. The minimum Gasteiger partial charge on any atom is -0.346 e. The second-order valence-corrected chi connectivity index (χ2v) is 4.55. The molecule has 1 aromatic carbocycles. The predicted octanol–water partition coefficient (Wildman–Crippen LogP) is 2.05. The number of nitro benzene ring substituents is 1. The fourth-order valence-electron chi connectivity index (χ4n) is 2.01. The number of aromatic nitrogens is 2. The molecule has 0 saturated carbocycles. The molecule has 0 aliphatic carbocycles. The van der Waals surface area contributed by atoms with Crippen molar-refractivity contribution >= 4 is 11.6 Å². The maximum atomic E-state index is 12.1. The van der Waals surface area contributed by atoms with Gasteiger partial charge in [0.2, 0.25) is 0 Å². The summed E-state index contributed by atoms with van der Waals surface area (Å²) < 4.78 is 1.76. The van der Waals surface area contributed by atoms with Gasteiger partial charge in [-0.25, -0.2) is 0 Å². The molecule has 0 saturated heterocycles. The van der Waals surface area contributed by atoms with E-state index in [0.717, 1.165) is 12.2 Å². The molecule has 0 bridgehead atoms. The first-order valence-corrected chi connectivity index (χ1v) is 6.57. The Balaban J connectivity index is 2.10. The molecule has 2 aromatic rings. The number of nitrogens with one attached hydrogen (secondary N) is 1. The van der Waals surface area contributed by atoms with Crippen molar-refractivity contribution in [3.05, 3.63) is 57.4 Å². The zero-order chi connectivity index (χ0) is 15.4. The van der Waals surface area contributed by atoms with Crippen LogP contribution in [0.25, 0.3) is 0 Å². The van der Waals surface area contributed by atoms with Crippen molar-refractivity contribution < 1.29 is 9.72 Å². The van der Waals surface area contributed by atoms with E-state index >= 15 is 0 Å². The van der Waals surface area contributed by atoms with Gasteiger partial charge in [0.05, 0.1) is 17.2 Å². The van der Waals surface area contributed by atoms with E-state index in [2.05, 4.69) is 10.4 Å². The fourth-order valence-corrected chi connectivity index (χ4v) is 2.01.